The highest BCUT2D eigenvalue weighted by Crippen LogP contribution is 2.26. The number of oxazole rings is 1. The highest BCUT2D eigenvalue weighted by molar-refractivity contribution is 7.84. The minimum absolute atomic E-state index is 0.220. The molecule has 0 unspecified atom stereocenters. The Balaban J connectivity index is 1.68. The van der Waals surface area contributed by atoms with Crippen molar-refractivity contribution in [1.29, 1.82) is 0 Å². The molecule has 0 saturated carbocycles. The second kappa shape index (κ2) is 7.53. The molecular weight excluding hydrogens is 326 g/mol. The van der Waals surface area contributed by atoms with Crippen LogP contribution in [-0.2, 0) is 23.0 Å². The average Bonchev–Trinajstić information content (AvgIpc) is 3.25. The van der Waals surface area contributed by atoms with Gasteiger partial charge in [0.05, 0.1) is 11.9 Å². The Morgan fingerprint density at radius 3 is 2.79 bits per heavy atom. The summed E-state index contributed by atoms with van der Waals surface area (Å²) in [5.41, 5.74) is 0.941. The molecule has 0 bridgehead atoms. The van der Waals surface area contributed by atoms with Crippen LogP contribution >= 0.6 is 0 Å². The van der Waals surface area contributed by atoms with Crippen LogP contribution in [-0.4, -0.2) is 19.3 Å². The topological polar surface area (TPSA) is 82.0 Å². The van der Waals surface area contributed by atoms with E-state index in [0.717, 1.165) is 18.4 Å². The maximum atomic E-state index is 12.5. The van der Waals surface area contributed by atoms with E-state index in [-0.39, 0.29) is 11.0 Å². The van der Waals surface area contributed by atoms with Gasteiger partial charge in [-0.3, -0.25) is 4.21 Å². The molecule has 6 nitrogen and oxygen atoms in total. The monoisotopic (exact) mass is 345 g/mol. The molecule has 0 spiro atoms. The van der Waals surface area contributed by atoms with E-state index < -0.39 is 10.8 Å². The molecule has 3 rings (SSSR count). The van der Waals surface area contributed by atoms with Crippen LogP contribution in [0.4, 0.5) is 0 Å². The molecule has 0 amide bonds. The summed E-state index contributed by atoms with van der Waals surface area (Å²) in [7, 11) is -1.24. The molecule has 2 heterocycles. The molecule has 126 valence electrons. The van der Waals surface area contributed by atoms with Crippen molar-refractivity contribution in [3.8, 4) is 11.3 Å². The van der Waals surface area contributed by atoms with E-state index in [1.165, 1.54) is 0 Å². The minimum atomic E-state index is -1.24. The van der Waals surface area contributed by atoms with Crippen molar-refractivity contribution < 1.29 is 13.1 Å². The van der Waals surface area contributed by atoms with Crippen LogP contribution in [0, 0.1) is 0 Å². The lowest BCUT2D eigenvalue weighted by molar-refractivity contribution is 0.373. The predicted molar refractivity (Wildman–Crippen MR) is 90.5 cm³/mol. The van der Waals surface area contributed by atoms with Gasteiger partial charge in [-0.2, -0.15) is 4.98 Å². The van der Waals surface area contributed by atoms with E-state index in [2.05, 4.69) is 15.1 Å². The smallest absolute Gasteiger partial charge is 0.226 e. The van der Waals surface area contributed by atoms with Crippen LogP contribution in [0.5, 0.6) is 0 Å². The number of hydrogen-bond acceptors (Lipinski definition) is 6. The van der Waals surface area contributed by atoms with Crippen molar-refractivity contribution in [2.24, 2.45) is 0 Å². The first-order chi connectivity index (χ1) is 11.7. The molecule has 0 N–H and O–H groups in total. The van der Waals surface area contributed by atoms with Crippen molar-refractivity contribution in [3.05, 3.63) is 54.1 Å². The lowest BCUT2D eigenvalue weighted by Gasteiger charge is -2.05. The van der Waals surface area contributed by atoms with Gasteiger partial charge >= 0.3 is 0 Å². The van der Waals surface area contributed by atoms with Gasteiger partial charge in [0.15, 0.2) is 11.6 Å². The molecule has 0 saturated heterocycles. The summed E-state index contributed by atoms with van der Waals surface area (Å²) in [6.45, 7) is 3.86. The zero-order chi connectivity index (χ0) is 16.9. The van der Waals surface area contributed by atoms with Crippen LogP contribution in [0.25, 0.3) is 11.3 Å². The largest absolute Gasteiger partial charge is 0.439 e. The molecule has 0 aliphatic carbocycles. The van der Waals surface area contributed by atoms with Gasteiger partial charge in [0.2, 0.25) is 11.8 Å². The maximum absolute atomic E-state index is 12.5. The lowest BCUT2D eigenvalue weighted by Crippen LogP contribution is -2.06. The van der Waals surface area contributed by atoms with E-state index >= 15 is 0 Å². The number of benzene rings is 1. The van der Waals surface area contributed by atoms with Crippen molar-refractivity contribution in [1.82, 2.24) is 15.1 Å². The van der Waals surface area contributed by atoms with E-state index in [1.54, 1.807) is 6.20 Å². The fourth-order valence-electron chi connectivity index (χ4n) is 2.24. The summed E-state index contributed by atoms with van der Waals surface area (Å²) in [6.07, 6.45) is 3.32. The zero-order valence-corrected chi connectivity index (χ0v) is 14.5. The molecule has 1 aromatic carbocycles. The van der Waals surface area contributed by atoms with Crippen LogP contribution in [0.15, 0.2) is 45.5 Å². The number of aromatic nitrogens is 3. The quantitative estimate of drug-likeness (QED) is 0.649. The molecule has 0 fully saturated rings. The summed E-state index contributed by atoms with van der Waals surface area (Å²) in [4.78, 5) is 8.51. The van der Waals surface area contributed by atoms with Gasteiger partial charge in [-0.25, -0.2) is 4.98 Å². The molecule has 2 aromatic heterocycles. The Morgan fingerprint density at radius 1 is 1.25 bits per heavy atom. The van der Waals surface area contributed by atoms with Gasteiger partial charge in [-0.15, -0.1) is 0 Å². The number of rotatable bonds is 7. The molecule has 24 heavy (non-hydrogen) atoms. The summed E-state index contributed by atoms with van der Waals surface area (Å²) >= 11 is 0. The second-order valence-electron chi connectivity index (χ2n) is 5.45. The maximum Gasteiger partial charge on any atom is 0.226 e. The first-order valence-electron chi connectivity index (χ1n) is 7.87. The zero-order valence-electron chi connectivity index (χ0n) is 13.6. The van der Waals surface area contributed by atoms with E-state index in [4.69, 9.17) is 8.94 Å². The Kier molecular flexibility index (Phi) is 5.20. The molecule has 3 aromatic rings. The predicted octanol–water partition coefficient (Wildman–Crippen LogP) is 3.69. The van der Waals surface area contributed by atoms with E-state index in [0.29, 0.717) is 23.4 Å². The third-order valence-electron chi connectivity index (χ3n) is 3.57. The van der Waals surface area contributed by atoms with Crippen molar-refractivity contribution in [2.45, 2.75) is 37.7 Å². The normalized spacial score (nSPS) is 13.8. The Morgan fingerprint density at radius 2 is 2.04 bits per heavy atom. The highest BCUT2D eigenvalue weighted by Gasteiger charge is 2.21. The van der Waals surface area contributed by atoms with Gasteiger partial charge < -0.3 is 8.94 Å². The van der Waals surface area contributed by atoms with Crippen molar-refractivity contribution >= 4 is 10.8 Å². The molecule has 0 radical (unpaired) electrons. The molecule has 7 heteroatoms. The molecule has 0 aliphatic rings. The average molecular weight is 345 g/mol. The standard InChI is InChI=1S/C17H19N3O3S/c1-3-7-16-19-15(20-23-16)11-24(21)12(2)17-18-10-14(22-17)13-8-5-4-6-9-13/h4-6,8-10,12H,3,7,11H2,1-2H3/t12-,24+/m1/s1. The first-order valence-corrected chi connectivity index (χ1v) is 9.25. The summed E-state index contributed by atoms with van der Waals surface area (Å²) < 4.78 is 23.4. The SMILES string of the molecule is CCCc1nc(C[S@](=O)[C@H](C)c2ncc(-c3ccccc3)o2)no1. The van der Waals surface area contributed by atoms with Gasteiger partial charge in [0, 0.05) is 22.8 Å². The van der Waals surface area contributed by atoms with Gasteiger partial charge in [-0.05, 0) is 13.3 Å². The van der Waals surface area contributed by atoms with Crippen molar-refractivity contribution in [3.63, 3.8) is 0 Å². The van der Waals surface area contributed by atoms with Crippen LogP contribution in [0.1, 0.15) is 43.1 Å². The Hall–Kier alpha value is -2.28. The lowest BCUT2D eigenvalue weighted by atomic mass is 10.2. The Bertz CT molecular complexity index is 813. The Labute approximate surface area is 142 Å². The van der Waals surface area contributed by atoms with Crippen LogP contribution in [0.3, 0.4) is 0 Å². The molecule has 0 aliphatic heterocycles. The van der Waals surface area contributed by atoms with Gasteiger partial charge in [0.25, 0.3) is 0 Å². The van der Waals surface area contributed by atoms with Gasteiger partial charge in [0.1, 0.15) is 5.25 Å². The first kappa shape index (κ1) is 16.6. The minimum Gasteiger partial charge on any atom is -0.439 e. The van der Waals surface area contributed by atoms with E-state index in [9.17, 15) is 4.21 Å². The third-order valence-corrected chi connectivity index (χ3v) is 5.10. The second-order valence-corrected chi connectivity index (χ2v) is 7.21. The van der Waals surface area contributed by atoms with Crippen molar-refractivity contribution in [2.75, 3.05) is 0 Å². The molecule has 2 atom stereocenters. The summed E-state index contributed by atoms with van der Waals surface area (Å²) in [6, 6.07) is 9.70. The number of hydrogen-bond donors (Lipinski definition) is 0. The summed E-state index contributed by atoms with van der Waals surface area (Å²) in [5.74, 6) is 2.37. The van der Waals surface area contributed by atoms with Gasteiger partial charge in [-0.1, -0.05) is 42.4 Å². The van der Waals surface area contributed by atoms with Crippen LogP contribution in [0.2, 0.25) is 0 Å². The van der Waals surface area contributed by atoms with E-state index in [1.807, 2.05) is 44.2 Å². The number of aryl methyl sites for hydroxylation is 1. The number of nitrogens with zero attached hydrogens (tertiary/aromatic N) is 3. The van der Waals surface area contributed by atoms with Crippen LogP contribution < -0.4 is 0 Å². The highest BCUT2D eigenvalue weighted by atomic mass is 32.2. The fraction of sp³-hybridized carbons (Fsp3) is 0.353. The third kappa shape index (κ3) is 3.79. The summed E-state index contributed by atoms with van der Waals surface area (Å²) in [5, 5.41) is 3.52. The molecular formula is C17H19N3O3S. The fourth-order valence-corrected chi connectivity index (χ4v) is 3.20.